The maximum absolute atomic E-state index is 13.4. The van der Waals surface area contributed by atoms with E-state index >= 15 is 0 Å². The van der Waals surface area contributed by atoms with Crippen molar-refractivity contribution >= 4 is 5.97 Å². The summed E-state index contributed by atoms with van der Waals surface area (Å²) in [5.74, 6) is 1.51. The Bertz CT molecular complexity index is 822. The molecule has 2 aliphatic rings. The zero-order chi connectivity index (χ0) is 28.3. The highest BCUT2D eigenvalue weighted by Gasteiger charge is 2.38. The van der Waals surface area contributed by atoms with Gasteiger partial charge in [-0.2, -0.15) is 13.2 Å². The Hall–Kier alpha value is -1.56. The number of rotatable bonds is 13. The summed E-state index contributed by atoms with van der Waals surface area (Å²) in [6, 6.07) is 6.18. The minimum Gasteiger partial charge on any atom is -0.466 e. The first-order valence-electron chi connectivity index (χ1n) is 15.8. The van der Waals surface area contributed by atoms with E-state index in [-0.39, 0.29) is 17.8 Å². The molecule has 222 valence electrons. The summed E-state index contributed by atoms with van der Waals surface area (Å²) in [6.07, 6.45) is 11.5. The summed E-state index contributed by atoms with van der Waals surface area (Å²) in [7, 11) is 0. The molecule has 39 heavy (non-hydrogen) atoms. The molecule has 3 unspecified atom stereocenters. The molecule has 0 N–H and O–H groups in total. The summed E-state index contributed by atoms with van der Waals surface area (Å²) in [5, 5.41) is 0. The van der Waals surface area contributed by atoms with Crippen molar-refractivity contribution in [1.29, 1.82) is 0 Å². The Morgan fingerprint density at radius 2 is 1.56 bits per heavy atom. The molecular weight excluding hydrogens is 499 g/mol. The second-order valence-electron chi connectivity index (χ2n) is 12.2. The van der Waals surface area contributed by atoms with Crippen LogP contribution in [0.2, 0.25) is 0 Å². The van der Waals surface area contributed by atoms with Crippen LogP contribution >= 0.6 is 0 Å². The lowest BCUT2D eigenvalue weighted by molar-refractivity contribution is -0.144. The molecule has 0 heterocycles. The lowest BCUT2D eigenvalue weighted by Crippen LogP contribution is -2.47. The van der Waals surface area contributed by atoms with Gasteiger partial charge in [-0.05, 0) is 93.2 Å². The molecule has 1 aromatic carbocycles. The van der Waals surface area contributed by atoms with Gasteiger partial charge in [0.25, 0.3) is 0 Å². The van der Waals surface area contributed by atoms with Crippen molar-refractivity contribution in [3.63, 3.8) is 0 Å². The van der Waals surface area contributed by atoms with Crippen LogP contribution in [-0.2, 0) is 15.7 Å². The van der Waals surface area contributed by atoms with Crippen LogP contribution < -0.4 is 0 Å². The van der Waals surface area contributed by atoms with Crippen LogP contribution in [0.25, 0.3) is 0 Å². The Labute approximate surface area is 235 Å². The zero-order valence-electron chi connectivity index (χ0n) is 24.6. The van der Waals surface area contributed by atoms with Crippen LogP contribution in [-0.4, -0.2) is 36.6 Å². The number of carbonyl (C=O) groups is 1. The molecule has 2 fully saturated rings. The molecule has 0 bridgehead atoms. The van der Waals surface area contributed by atoms with Crippen LogP contribution in [0.3, 0.4) is 0 Å². The standard InChI is InChI=1S/C33H52F3NO2/c1-4-11-25(12-5-2)23-37(24-26-13-9-7-8-10-14-26)31-20-15-27(22-32(38)39-6-3)21-30(31)28-16-18-29(19-17-28)33(34,35)36/h16-19,25-27,30-31H,4-15,20-24H2,1-3H3. The van der Waals surface area contributed by atoms with E-state index in [4.69, 9.17) is 4.74 Å². The van der Waals surface area contributed by atoms with Gasteiger partial charge in [0.15, 0.2) is 0 Å². The number of esters is 1. The molecule has 2 aliphatic carbocycles. The molecule has 3 atom stereocenters. The van der Waals surface area contributed by atoms with Crippen molar-refractivity contribution in [2.75, 3.05) is 19.7 Å². The average molecular weight is 552 g/mol. The number of hydrogen-bond acceptors (Lipinski definition) is 3. The van der Waals surface area contributed by atoms with Crippen molar-refractivity contribution in [3.8, 4) is 0 Å². The molecule has 0 saturated heterocycles. The Morgan fingerprint density at radius 3 is 2.13 bits per heavy atom. The van der Waals surface area contributed by atoms with Crippen molar-refractivity contribution < 1.29 is 22.7 Å². The topological polar surface area (TPSA) is 29.5 Å². The summed E-state index contributed by atoms with van der Waals surface area (Å²) >= 11 is 0. The molecule has 3 rings (SSSR count). The van der Waals surface area contributed by atoms with Crippen LogP contribution in [0, 0.1) is 17.8 Å². The lowest BCUT2D eigenvalue weighted by atomic mass is 9.72. The number of alkyl halides is 3. The number of hydrogen-bond donors (Lipinski definition) is 0. The van der Waals surface area contributed by atoms with Gasteiger partial charge in [-0.15, -0.1) is 0 Å². The normalized spacial score (nSPS) is 23.2. The van der Waals surface area contributed by atoms with E-state index in [1.54, 1.807) is 12.1 Å². The zero-order valence-corrected chi connectivity index (χ0v) is 24.6. The number of ether oxygens (including phenoxy) is 1. The first-order chi connectivity index (χ1) is 18.7. The van der Waals surface area contributed by atoms with E-state index in [9.17, 15) is 18.0 Å². The molecule has 6 heteroatoms. The van der Waals surface area contributed by atoms with Gasteiger partial charge in [0.1, 0.15) is 0 Å². The van der Waals surface area contributed by atoms with Crippen molar-refractivity contribution in [2.45, 2.75) is 129 Å². The summed E-state index contributed by atoms with van der Waals surface area (Å²) in [4.78, 5) is 15.1. The fourth-order valence-corrected chi connectivity index (χ4v) is 7.30. The van der Waals surface area contributed by atoms with Crippen molar-refractivity contribution in [3.05, 3.63) is 35.4 Å². The van der Waals surface area contributed by atoms with E-state index in [1.165, 1.54) is 76.3 Å². The summed E-state index contributed by atoms with van der Waals surface area (Å²) in [6.45, 7) is 8.90. The maximum atomic E-state index is 13.4. The second-order valence-corrected chi connectivity index (χ2v) is 12.2. The molecule has 0 aromatic heterocycles. The van der Waals surface area contributed by atoms with Crippen molar-refractivity contribution in [2.24, 2.45) is 17.8 Å². The summed E-state index contributed by atoms with van der Waals surface area (Å²) < 4.78 is 45.4. The highest BCUT2D eigenvalue weighted by atomic mass is 19.4. The SMILES string of the molecule is CCCC(CCC)CN(CC1CCCCCC1)C1CCC(CC(=O)OCC)CC1c1ccc(C(F)(F)F)cc1. The predicted molar refractivity (Wildman–Crippen MR) is 153 cm³/mol. The summed E-state index contributed by atoms with van der Waals surface area (Å²) in [5.41, 5.74) is 0.387. The smallest absolute Gasteiger partial charge is 0.416 e. The van der Waals surface area contributed by atoms with E-state index in [2.05, 4.69) is 18.7 Å². The monoisotopic (exact) mass is 551 g/mol. The van der Waals surface area contributed by atoms with Crippen LogP contribution in [0.1, 0.15) is 128 Å². The second kappa shape index (κ2) is 16.0. The first-order valence-corrected chi connectivity index (χ1v) is 15.8. The molecule has 0 spiro atoms. The molecule has 3 nitrogen and oxygen atoms in total. The third kappa shape index (κ3) is 10.1. The quantitative estimate of drug-likeness (QED) is 0.181. The molecule has 0 amide bonds. The molecule has 2 saturated carbocycles. The number of benzene rings is 1. The predicted octanol–water partition coefficient (Wildman–Crippen LogP) is 9.40. The van der Waals surface area contributed by atoms with Gasteiger partial charge in [-0.25, -0.2) is 0 Å². The number of halogens is 3. The molecule has 0 aliphatic heterocycles. The van der Waals surface area contributed by atoms with Gasteiger partial charge in [0.05, 0.1) is 12.2 Å². The van der Waals surface area contributed by atoms with Gasteiger partial charge in [0.2, 0.25) is 0 Å². The van der Waals surface area contributed by atoms with Crippen LogP contribution in [0.5, 0.6) is 0 Å². The Morgan fingerprint density at radius 1 is 0.923 bits per heavy atom. The van der Waals surface area contributed by atoms with Gasteiger partial charge in [0, 0.05) is 25.6 Å². The van der Waals surface area contributed by atoms with Crippen LogP contribution in [0.15, 0.2) is 24.3 Å². The van der Waals surface area contributed by atoms with E-state index in [0.717, 1.165) is 37.9 Å². The third-order valence-electron chi connectivity index (χ3n) is 9.17. The first kappa shape index (κ1) is 32.0. The van der Waals surface area contributed by atoms with Gasteiger partial charge >= 0.3 is 12.1 Å². The Kier molecular flexibility index (Phi) is 13.1. The van der Waals surface area contributed by atoms with E-state index in [0.29, 0.717) is 30.9 Å². The van der Waals surface area contributed by atoms with Gasteiger partial charge in [-0.1, -0.05) is 64.5 Å². The van der Waals surface area contributed by atoms with Gasteiger partial charge < -0.3 is 4.74 Å². The minimum absolute atomic E-state index is 0.121. The van der Waals surface area contributed by atoms with E-state index < -0.39 is 11.7 Å². The highest BCUT2D eigenvalue weighted by molar-refractivity contribution is 5.69. The van der Waals surface area contributed by atoms with Crippen molar-refractivity contribution in [1.82, 2.24) is 4.90 Å². The minimum atomic E-state index is -4.34. The van der Waals surface area contributed by atoms with E-state index in [1.807, 2.05) is 6.92 Å². The number of carbonyl (C=O) groups excluding carboxylic acids is 1. The number of nitrogens with zero attached hydrogens (tertiary/aromatic N) is 1. The Balaban J connectivity index is 1.90. The fraction of sp³-hybridized carbons (Fsp3) is 0.788. The lowest BCUT2D eigenvalue weighted by Gasteiger charge is -2.45. The van der Waals surface area contributed by atoms with Gasteiger partial charge in [-0.3, -0.25) is 9.69 Å². The third-order valence-corrected chi connectivity index (χ3v) is 9.17. The van der Waals surface area contributed by atoms with Crippen LogP contribution in [0.4, 0.5) is 13.2 Å². The maximum Gasteiger partial charge on any atom is 0.416 e. The fourth-order valence-electron chi connectivity index (χ4n) is 7.30. The molecule has 1 aromatic rings. The largest absolute Gasteiger partial charge is 0.466 e. The molecular formula is C33H52F3NO2. The molecule has 0 radical (unpaired) electrons. The average Bonchev–Trinajstić information content (AvgIpc) is 3.17. The highest BCUT2D eigenvalue weighted by Crippen LogP contribution is 2.42.